The van der Waals surface area contributed by atoms with Crippen molar-refractivity contribution in [3.05, 3.63) is 209 Å². The van der Waals surface area contributed by atoms with Crippen molar-refractivity contribution in [1.29, 1.82) is 0 Å². The predicted molar refractivity (Wildman–Crippen MR) is 231 cm³/mol. The molecule has 0 radical (unpaired) electrons. The van der Waals surface area contributed by atoms with Crippen LogP contribution in [0.15, 0.2) is 176 Å². The Morgan fingerprint density at radius 1 is 0.491 bits per heavy atom. The Balaban J connectivity index is 1.13. The fourth-order valence-corrected chi connectivity index (χ4v) is 10.1. The fraction of sp³-hybridized carbons (Fsp3) is 0.0755. The van der Waals surface area contributed by atoms with Crippen molar-refractivity contribution in [3.63, 3.8) is 0 Å². The van der Waals surface area contributed by atoms with E-state index in [9.17, 15) is 0 Å². The van der Waals surface area contributed by atoms with Gasteiger partial charge in [-0.1, -0.05) is 165 Å². The lowest BCUT2D eigenvalue weighted by Crippen LogP contribution is -2.26. The van der Waals surface area contributed by atoms with E-state index in [0.29, 0.717) is 23.4 Å². The van der Waals surface area contributed by atoms with Gasteiger partial charge in [-0.25, -0.2) is 15.0 Å². The van der Waals surface area contributed by atoms with Crippen molar-refractivity contribution in [2.24, 2.45) is 0 Å². The zero-order chi connectivity index (χ0) is 37.7. The SMILES string of the molecule is CC1CC=Cc2c1n(-c1ccc3c(c1)C1(c4ccccc4-c4ccccc41)c1cc(-c4nc(-c5ccccc5)nc(-c5ccccc5)n4)ccc1-3)c1ccccc21. The summed E-state index contributed by atoms with van der Waals surface area (Å²) < 4.78 is 2.54. The van der Waals surface area contributed by atoms with Crippen LogP contribution in [0.4, 0.5) is 0 Å². The van der Waals surface area contributed by atoms with Crippen molar-refractivity contribution >= 4 is 17.0 Å². The van der Waals surface area contributed by atoms with Crippen molar-refractivity contribution in [2.45, 2.75) is 24.7 Å². The van der Waals surface area contributed by atoms with Gasteiger partial charge in [-0.3, -0.25) is 0 Å². The molecule has 0 aliphatic heterocycles. The molecule has 1 atom stereocenters. The highest BCUT2D eigenvalue weighted by atomic mass is 15.0. The van der Waals surface area contributed by atoms with Crippen LogP contribution in [-0.2, 0) is 5.41 Å². The third kappa shape index (κ3) is 4.53. The summed E-state index contributed by atoms with van der Waals surface area (Å²) in [7, 11) is 0. The monoisotopic (exact) mass is 728 g/mol. The van der Waals surface area contributed by atoms with Crippen molar-refractivity contribution in [3.8, 4) is 62.1 Å². The summed E-state index contributed by atoms with van der Waals surface area (Å²) in [5.41, 5.74) is 17.7. The maximum absolute atomic E-state index is 5.17. The van der Waals surface area contributed by atoms with Gasteiger partial charge in [0.25, 0.3) is 0 Å². The van der Waals surface area contributed by atoms with E-state index in [-0.39, 0.29) is 0 Å². The number of fused-ring (bicyclic) bond motifs is 13. The lowest BCUT2D eigenvalue weighted by atomic mass is 9.70. The van der Waals surface area contributed by atoms with Gasteiger partial charge >= 0.3 is 0 Å². The number of hydrogen-bond donors (Lipinski definition) is 0. The van der Waals surface area contributed by atoms with Crippen LogP contribution in [-0.4, -0.2) is 19.5 Å². The Hall–Kier alpha value is -7.17. The quantitative estimate of drug-likeness (QED) is 0.181. The molecule has 0 fully saturated rings. The topological polar surface area (TPSA) is 43.6 Å². The number of rotatable bonds is 4. The van der Waals surface area contributed by atoms with E-state index in [1.54, 1.807) is 0 Å². The largest absolute Gasteiger partial charge is 0.313 e. The Kier molecular flexibility index (Phi) is 6.85. The van der Waals surface area contributed by atoms with Crippen LogP contribution in [0.2, 0.25) is 0 Å². The molecule has 4 heteroatoms. The first-order valence-electron chi connectivity index (χ1n) is 19.8. The second kappa shape index (κ2) is 12.2. The van der Waals surface area contributed by atoms with Crippen LogP contribution in [0.25, 0.3) is 79.1 Å². The molecule has 0 saturated heterocycles. The Morgan fingerprint density at radius 2 is 1.02 bits per heavy atom. The third-order valence-corrected chi connectivity index (χ3v) is 12.5. The molecular formula is C53H36N4. The summed E-state index contributed by atoms with van der Waals surface area (Å²) in [4.78, 5) is 15.3. The first-order valence-corrected chi connectivity index (χ1v) is 19.8. The van der Waals surface area contributed by atoms with Gasteiger partial charge in [0, 0.05) is 44.9 Å². The van der Waals surface area contributed by atoms with Crippen LogP contribution < -0.4 is 0 Å². The van der Waals surface area contributed by atoms with Gasteiger partial charge < -0.3 is 4.57 Å². The summed E-state index contributed by atoms with van der Waals surface area (Å²) in [6.45, 7) is 2.36. The molecule has 2 aromatic heterocycles. The molecular weight excluding hydrogens is 693 g/mol. The minimum absolute atomic E-state index is 0.397. The number of nitrogens with zero attached hydrogens (tertiary/aromatic N) is 4. The van der Waals surface area contributed by atoms with Gasteiger partial charge in [0.2, 0.25) is 0 Å². The molecule has 9 aromatic rings. The maximum atomic E-state index is 5.17. The van der Waals surface area contributed by atoms with Gasteiger partial charge in [-0.2, -0.15) is 0 Å². The number of benzene rings is 7. The van der Waals surface area contributed by atoms with Gasteiger partial charge in [0.15, 0.2) is 17.5 Å². The van der Waals surface area contributed by atoms with Gasteiger partial charge in [-0.15, -0.1) is 0 Å². The first kappa shape index (κ1) is 32.1. The van der Waals surface area contributed by atoms with Gasteiger partial charge in [0.05, 0.1) is 10.9 Å². The summed E-state index contributed by atoms with van der Waals surface area (Å²) in [6, 6.07) is 61.4. The Bertz CT molecular complexity index is 3020. The maximum Gasteiger partial charge on any atom is 0.164 e. The van der Waals surface area contributed by atoms with E-state index in [0.717, 1.165) is 23.1 Å². The second-order valence-electron chi connectivity index (χ2n) is 15.6. The van der Waals surface area contributed by atoms with Crippen LogP contribution >= 0.6 is 0 Å². The minimum Gasteiger partial charge on any atom is -0.313 e. The van der Waals surface area contributed by atoms with E-state index in [4.69, 9.17) is 15.0 Å². The zero-order valence-corrected chi connectivity index (χ0v) is 31.4. The highest BCUT2D eigenvalue weighted by Crippen LogP contribution is 2.63. The van der Waals surface area contributed by atoms with E-state index >= 15 is 0 Å². The van der Waals surface area contributed by atoms with Crippen LogP contribution in [0.1, 0.15) is 52.8 Å². The van der Waals surface area contributed by atoms with Gasteiger partial charge in [0.1, 0.15) is 0 Å². The summed E-state index contributed by atoms with van der Waals surface area (Å²) >= 11 is 0. The molecule has 57 heavy (non-hydrogen) atoms. The van der Waals surface area contributed by atoms with Crippen LogP contribution in [0, 0.1) is 0 Å². The molecule has 0 N–H and O–H groups in total. The Labute approximate surface area is 331 Å². The standard InChI is InChI=1S/C53H36N4/c1-33-15-14-23-43-42-22-10-13-26-48(42)57(49(33)43)37-28-30-41-40-29-27-36(52-55-50(34-16-4-2-5-17-34)54-51(56-52)35-18-6-3-7-19-35)31-46(40)53(47(41)32-37)44-24-11-8-20-38(44)39-21-9-12-25-45(39)53/h2-14,16-33H,15H2,1H3. The van der Waals surface area contributed by atoms with Crippen LogP contribution in [0.5, 0.6) is 0 Å². The van der Waals surface area contributed by atoms with Crippen molar-refractivity contribution in [2.75, 3.05) is 0 Å². The average Bonchev–Trinajstić information content (AvgIpc) is 3.89. The fourth-order valence-electron chi connectivity index (χ4n) is 10.1. The first-order chi connectivity index (χ1) is 28.2. The molecule has 1 spiro atoms. The summed E-state index contributed by atoms with van der Waals surface area (Å²) in [5.74, 6) is 2.37. The van der Waals surface area contributed by atoms with Crippen molar-refractivity contribution in [1.82, 2.24) is 19.5 Å². The number of aromatic nitrogens is 4. The Morgan fingerprint density at radius 3 is 1.68 bits per heavy atom. The average molecular weight is 729 g/mol. The van der Waals surface area contributed by atoms with Crippen molar-refractivity contribution < 1.29 is 0 Å². The lowest BCUT2D eigenvalue weighted by molar-refractivity contribution is 0.722. The van der Waals surface area contributed by atoms with Gasteiger partial charge in [-0.05, 0) is 75.2 Å². The molecule has 0 saturated carbocycles. The molecule has 4 nitrogen and oxygen atoms in total. The molecule has 0 bridgehead atoms. The lowest BCUT2D eigenvalue weighted by Gasteiger charge is -2.31. The molecule has 0 amide bonds. The molecule has 268 valence electrons. The van der Waals surface area contributed by atoms with E-state index in [1.807, 2.05) is 36.4 Å². The molecule has 12 rings (SSSR count). The number of allylic oxidation sites excluding steroid dienone is 1. The molecule has 2 heterocycles. The minimum atomic E-state index is -0.546. The third-order valence-electron chi connectivity index (χ3n) is 12.5. The predicted octanol–water partition coefficient (Wildman–Crippen LogP) is 12.7. The highest BCUT2D eigenvalue weighted by molar-refractivity contribution is 5.97. The summed E-state index contributed by atoms with van der Waals surface area (Å²) in [6.07, 6.45) is 5.69. The molecule has 1 unspecified atom stereocenters. The zero-order valence-electron chi connectivity index (χ0n) is 31.4. The second-order valence-corrected chi connectivity index (χ2v) is 15.6. The molecule has 7 aromatic carbocycles. The van der Waals surface area contributed by atoms with E-state index in [2.05, 4.69) is 157 Å². The van der Waals surface area contributed by atoms with E-state index in [1.165, 1.54) is 72.4 Å². The molecule has 3 aliphatic rings. The summed E-state index contributed by atoms with van der Waals surface area (Å²) in [5, 5.41) is 1.30. The molecule has 3 aliphatic carbocycles. The number of para-hydroxylation sites is 1. The van der Waals surface area contributed by atoms with E-state index < -0.39 is 5.41 Å². The van der Waals surface area contributed by atoms with Crippen LogP contribution in [0.3, 0.4) is 0 Å². The number of hydrogen-bond acceptors (Lipinski definition) is 3. The normalized spacial score (nSPS) is 15.3. The highest BCUT2D eigenvalue weighted by Gasteiger charge is 2.52. The smallest absolute Gasteiger partial charge is 0.164 e.